The highest BCUT2D eigenvalue weighted by atomic mass is 19.1. The molecule has 0 fully saturated rings. The number of hydrogen-bond acceptors (Lipinski definition) is 3. The number of aromatic carboxylic acids is 1. The minimum Gasteiger partial charge on any atom is -0.478 e. The molecule has 0 aliphatic rings. The van der Waals surface area contributed by atoms with Crippen molar-refractivity contribution in [3.8, 4) is 0 Å². The van der Waals surface area contributed by atoms with Gasteiger partial charge in [-0.15, -0.1) is 0 Å². The maximum atomic E-state index is 13.8. The van der Waals surface area contributed by atoms with Crippen molar-refractivity contribution in [2.45, 2.75) is 27.3 Å². The molecule has 0 amide bonds. The molecule has 0 saturated carbocycles. The highest BCUT2D eigenvalue weighted by Crippen LogP contribution is 2.23. The zero-order valence-electron chi connectivity index (χ0n) is 13.1. The van der Waals surface area contributed by atoms with Crippen LogP contribution in [0.5, 0.6) is 0 Å². The van der Waals surface area contributed by atoms with E-state index in [9.17, 15) is 14.3 Å². The van der Waals surface area contributed by atoms with E-state index in [1.165, 1.54) is 12.3 Å². The lowest BCUT2D eigenvalue weighted by Gasteiger charge is -2.09. The second-order valence-electron chi connectivity index (χ2n) is 5.66. The largest absolute Gasteiger partial charge is 0.478 e. The van der Waals surface area contributed by atoms with E-state index < -0.39 is 5.97 Å². The van der Waals surface area contributed by atoms with Crippen LogP contribution in [0.15, 0.2) is 24.5 Å². The zero-order valence-corrected chi connectivity index (χ0v) is 13.1. The van der Waals surface area contributed by atoms with Crippen LogP contribution in [0.1, 0.15) is 32.9 Å². The molecule has 0 bridgehead atoms. The fourth-order valence-electron chi connectivity index (χ4n) is 2.64. The molecule has 0 aliphatic heterocycles. The monoisotopic (exact) mass is 313 g/mol. The number of aryl methyl sites for hydroxylation is 3. The first-order chi connectivity index (χ1) is 10.9. The molecule has 3 heterocycles. The molecule has 0 radical (unpaired) electrons. The maximum absolute atomic E-state index is 13.8. The highest BCUT2D eigenvalue weighted by molar-refractivity contribution is 6.01. The molecule has 118 valence electrons. The van der Waals surface area contributed by atoms with E-state index in [-0.39, 0.29) is 11.4 Å². The molecule has 0 atom stereocenters. The van der Waals surface area contributed by atoms with Crippen LogP contribution < -0.4 is 0 Å². The van der Waals surface area contributed by atoms with Crippen LogP contribution in [0.4, 0.5) is 4.39 Å². The van der Waals surface area contributed by atoms with Crippen molar-refractivity contribution in [3.63, 3.8) is 0 Å². The van der Waals surface area contributed by atoms with Gasteiger partial charge in [0.15, 0.2) is 0 Å². The van der Waals surface area contributed by atoms with Crippen LogP contribution in [0, 0.1) is 26.6 Å². The smallest absolute Gasteiger partial charge is 0.339 e. The summed E-state index contributed by atoms with van der Waals surface area (Å²) in [7, 11) is 0. The quantitative estimate of drug-likeness (QED) is 0.806. The number of aromatic nitrogens is 3. The normalized spacial score (nSPS) is 11.1. The van der Waals surface area contributed by atoms with E-state index in [1.807, 2.05) is 19.9 Å². The number of fused-ring (bicyclic) bond motifs is 1. The van der Waals surface area contributed by atoms with Crippen LogP contribution >= 0.6 is 0 Å². The number of rotatable bonds is 3. The van der Waals surface area contributed by atoms with Gasteiger partial charge in [-0.25, -0.2) is 9.18 Å². The lowest BCUT2D eigenvalue weighted by Crippen LogP contribution is -2.04. The highest BCUT2D eigenvalue weighted by Gasteiger charge is 2.17. The Morgan fingerprint density at radius 2 is 2.00 bits per heavy atom. The Morgan fingerprint density at radius 3 is 2.70 bits per heavy atom. The van der Waals surface area contributed by atoms with Crippen LogP contribution in [0.2, 0.25) is 0 Å². The summed E-state index contributed by atoms with van der Waals surface area (Å²) in [6.45, 7) is 5.66. The minimum atomic E-state index is -1.03. The summed E-state index contributed by atoms with van der Waals surface area (Å²) in [5, 5.41) is 9.34. The Bertz CT molecular complexity index is 931. The molecule has 0 aromatic carbocycles. The summed E-state index contributed by atoms with van der Waals surface area (Å²) in [6.07, 6.45) is 3.17. The van der Waals surface area contributed by atoms with E-state index in [1.54, 1.807) is 17.7 Å². The summed E-state index contributed by atoms with van der Waals surface area (Å²) in [4.78, 5) is 19.8. The molecule has 3 aromatic heterocycles. The fraction of sp³-hybridized carbons (Fsp3) is 0.235. The summed E-state index contributed by atoms with van der Waals surface area (Å²) >= 11 is 0. The minimum absolute atomic E-state index is 0.137. The Hall–Kier alpha value is -2.76. The van der Waals surface area contributed by atoms with Gasteiger partial charge in [0.2, 0.25) is 0 Å². The fourth-order valence-corrected chi connectivity index (χ4v) is 2.64. The van der Waals surface area contributed by atoms with Crippen LogP contribution in [0.3, 0.4) is 0 Å². The number of carbonyl (C=O) groups is 1. The van der Waals surface area contributed by atoms with E-state index in [0.717, 1.165) is 11.3 Å². The standard InChI is InChI=1S/C17H16FN3O2/c1-9-4-15-16(19-6-9)13(17(22)23)8-21(15)7-12-5-14(18)11(3)20-10(12)2/h4-6,8H,7H2,1-3H3,(H,22,23). The number of carboxylic acids is 1. The Labute approximate surface area is 132 Å². The van der Waals surface area contributed by atoms with Gasteiger partial charge in [-0.3, -0.25) is 9.97 Å². The first-order valence-corrected chi connectivity index (χ1v) is 7.18. The summed E-state index contributed by atoms with van der Waals surface area (Å²) in [5.74, 6) is -1.40. The van der Waals surface area contributed by atoms with E-state index in [4.69, 9.17) is 0 Å². The van der Waals surface area contributed by atoms with E-state index in [0.29, 0.717) is 28.8 Å². The maximum Gasteiger partial charge on any atom is 0.339 e. The van der Waals surface area contributed by atoms with Crippen molar-refractivity contribution in [2.24, 2.45) is 0 Å². The Morgan fingerprint density at radius 1 is 1.26 bits per heavy atom. The lowest BCUT2D eigenvalue weighted by atomic mass is 10.1. The van der Waals surface area contributed by atoms with Crippen molar-refractivity contribution >= 4 is 17.0 Å². The molecule has 6 heteroatoms. The van der Waals surface area contributed by atoms with Gasteiger partial charge < -0.3 is 9.67 Å². The molecule has 1 N–H and O–H groups in total. The van der Waals surface area contributed by atoms with E-state index in [2.05, 4.69) is 9.97 Å². The predicted molar refractivity (Wildman–Crippen MR) is 84.2 cm³/mol. The average molecular weight is 313 g/mol. The topological polar surface area (TPSA) is 68.0 Å². The molecule has 3 rings (SSSR count). The number of pyridine rings is 2. The van der Waals surface area contributed by atoms with Crippen molar-refractivity contribution in [1.82, 2.24) is 14.5 Å². The van der Waals surface area contributed by atoms with Crippen LogP contribution in [-0.2, 0) is 6.54 Å². The summed E-state index contributed by atoms with van der Waals surface area (Å²) in [5.41, 5.74) is 4.00. The lowest BCUT2D eigenvalue weighted by molar-refractivity contribution is 0.0698. The molecule has 0 aliphatic carbocycles. The number of carboxylic acid groups (broad SMARTS) is 1. The number of nitrogens with zero attached hydrogens (tertiary/aromatic N) is 3. The van der Waals surface area contributed by atoms with Gasteiger partial charge in [0.1, 0.15) is 16.9 Å². The van der Waals surface area contributed by atoms with Crippen molar-refractivity contribution < 1.29 is 14.3 Å². The predicted octanol–water partition coefficient (Wildman–Crippen LogP) is 3.24. The number of halogens is 1. The second kappa shape index (κ2) is 5.46. The Balaban J connectivity index is 2.15. The molecule has 0 unspecified atom stereocenters. The summed E-state index contributed by atoms with van der Waals surface area (Å²) < 4.78 is 15.6. The van der Waals surface area contributed by atoms with Gasteiger partial charge in [0.25, 0.3) is 0 Å². The van der Waals surface area contributed by atoms with Gasteiger partial charge in [0, 0.05) is 24.6 Å². The van der Waals surface area contributed by atoms with Gasteiger partial charge in [-0.1, -0.05) is 0 Å². The van der Waals surface area contributed by atoms with Gasteiger partial charge >= 0.3 is 5.97 Å². The van der Waals surface area contributed by atoms with Crippen LogP contribution in [0.25, 0.3) is 11.0 Å². The summed E-state index contributed by atoms with van der Waals surface area (Å²) in [6, 6.07) is 3.33. The molecular formula is C17H16FN3O2. The van der Waals surface area contributed by atoms with Gasteiger partial charge in [-0.05, 0) is 44.0 Å². The third kappa shape index (κ3) is 2.67. The molecule has 3 aromatic rings. The molecule has 23 heavy (non-hydrogen) atoms. The third-order valence-electron chi connectivity index (χ3n) is 3.87. The van der Waals surface area contributed by atoms with Crippen LogP contribution in [-0.4, -0.2) is 25.6 Å². The molecule has 5 nitrogen and oxygen atoms in total. The molecular weight excluding hydrogens is 297 g/mol. The van der Waals surface area contributed by atoms with Crippen molar-refractivity contribution in [1.29, 1.82) is 0 Å². The molecule has 0 spiro atoms. The van der Waals surface area contributed by atoms with Gasteiger partial charge in [-0.2, -0.15) is 0 Å². The zero-order chi connectivity index (χ0) is 16.7. The third-order valence-corrected chi connectivity index (χ3v) is 3.87. The Kier molecular flexibility index (Phi) is 3.60. The first kappa shape index (κ1) is 15.1. The first-order valence-electron chi connectivity index (χ1n) is 7.18. The SMILES string of the molecule is Cc1cnc2c(C(=O)O)cn(Cc3cc(F)c(C)nc3C)c2c1. The number of hydrogen-bond donors (Lipinski definition) is 1. The van der Waals surface area contributed by atoms with Crippen molar-refractivity contribution in [3.05, 3.63) is 58.4 Å². The van der Waals surface area contributed by atoms with Crippen molar-refractivity contribution in [2.75, 3.05) is 0 Å². The molecule has 0 saturated heterocycles. The van der Waals surface area contributed by atoms with Gasteiger partial charge in [0.05, 0.1) is 11.2 Å². The second-order valence-corrected chi connectivity index (χ2v) is 5.66. The average Bonchev–Trinajstić information content (AvgIpc) is 2.83. The van der Waals surface area contributed by atoms with E-state index >= 15 is 0 Å².